The summed E-state index contributed by atoms with van der Waals surface area (Å²) in [5, 5.41) is 3.54. The van der Waals surface area contributed by atoms with E-state index in [2.05, 4.69) is 27.3 Å². The first-order valence-electron chi connectivity index (χ1n) is 7.41. The number of aromatic nitrogens is 1. The van der Waals surface area contributed by atoms with E-state index in [4.69, 9.17) is 9.47 Å². The van der Waals surface area contributed by atoms with E-state index in [0.29, 0.717) is 6.04 Å². The zero-order chi connectivity index (χ0) is 13.8. The summed E-state index contributed by atoms with van der Waals surface area (Å²) in [6.07, 6.45) is 4.54. The van der Waals surface area contributed by atoms with Crippen LogP contribution in [0.3, 0.4) is 0 Å². The standard InChI is InChI=1S/C15H23N3O2/c1-19-11-14(12-2-3-12)17-13-4-5-15(16-10-13)18-6-8-20-9-7-18/h4-5,10,12,14,17H,2-3,6-9,11H2,1H3. The van der Waals surface area contributed by atoms with Crippen molar-refractivity contribution < 1.29 is 9.47 Å². The van der Waals surface area contributed by atoms with Crippen LogP contribution in [-0.2, 0) is 9.47 Å². The van der Waals surface area contributed by atoms with Crippen LogP contribution >= 0.6 is 0 Å². The highest BCUT2D eigenvalue weighted by molar-refractivity contribution is 5.49. The van der Waals surface area contributed by atoms with Gasteiger partial charge in [-0.25, -0.2) is 4.98 Å². The van der Waals surface area contributed by atoms with E-state index < -0.39 is 0 Å². The Bertz CT molecular complexity index is 414. The Labute approximate surface area is 120 Å². The Balaban J connectivity index is 1.60. The zero-order valence-electron chi connectivity index (χ0n) is 12.0. The van der Waals surface area contributed by atoms with E-state index in [9.17, 15) is 0 Å². The third-order valence-electron chi connectivity index (χ3n) is 3.97. The number of rotatable bonds is 6. The lowest BCUT2D eigenvalue weighted by Crippen LogP contribution is -2.36. The van der Waals surface area contributed by atoms with Gasteiger partial charge in [-0.1, -0.05) is 0 Å². The number of hydrogen-bond acceptors (Lipinski definition) is 5. The maximum Gasteiger partial charge on any atom is 0.128 e. The van der Waals surface area contributed by atoms with Gasteiger partial charge in [0, 0.05) is 20.2 Å². The number of ether oxygens (including phenoxy) is 2. The lowest BCUT2D eigenvalue weighted by Gasteiger charge is -2.28. The highest BCUT2D eigenvalue weighted by Gasteiger charge is 2.31. The molecule has 1 aromatic rings. The van der Waals surface area contributed by atoms with Gasteiger partial charge in [0.25, 0.3) is 0 Å². The van der Waals surface area contributed by atoms with Crippen molar-refractivity contribution in [3.63, 3.8) is 0 Å². The highest BCUT2D eigenvalue weighted by Crippen LogP contribution is 2.34. The topological polar surface area (TPSA) is 46.6 Å². The molecule has 110 valence electrons. The van der Waals surface area contributed by atoms with Gasteiger partial charge in [0.1, 0.15) is 5.82 Å². The third kappa shape index (κ3) is 3.41. The summed E-state index contributed by atoms with van der Waals surface area (Å²) in [5.74, 6) is 1.79. The summed E-state index contributed by atoms with van der Waals surface area (Å²) in [5.41, 5.74) is 1.08. The number of morpholine rings is 1. The van der Waals surface area contributed by atoms with Gasteiger partial charge >= 0.3 is 0 Å². The fourth-order valence-electron chi connectivity index (χ4n) is 2.64. The first-order valence-corrected chi connectivity index (χ1v) is 7.41. The molecule has 0 spiro atoms. The van der Waals surface area contributed by atoms with Crippen LogP contribution in [0.15, 0.2) is 18.3 Å². The molecule has 1 saturated heterocycles. The molecule has 1 aromatic heterocycles. The van der Waals surface area contributed by atoms with Gasteiger partial charge in [-0.15, -0.1) is 0 Å². The first-order chi connectivity index (χ1) is 9.86. The van der Waals surface area contributed by atoms with Crippen molar-refractivity contribution in [1.82, 2.24) is 4.98 Å². The molecule has 0 radical (unpaired) electrons. The van der Waals surface area contributed by atoms with Crippen LogP contribution in [0.2, 0.25) is 0 Å². The van der Waals surface area contributed by atoms with Gasteiger partial charge in [-0.3, -0.25) is 0 Å². The summed E-state index contributed by atoms with van der Waals surface area (Å²) in [7, 11) is 1.76. The van der Waals surface area contributed by atoms with E-state index in [0.717, 1.165) is 50.3 Å². The van der Waals surface area contributed by atoms with Gasteiger partial charge in [0.05, 0.1) is 37.7 Å². The highest BCUT2D eigenvalue weighted by atomic mass is 16.5. The van der Waals surface area contributed by atoms with Crippen LogP contribution in [0.1, 0.15) is 12.8 Å². The minimum absolute atomic E-state index is 0.413. The van der Waals surface area contributed by atoms with E-state index in [1.165, 1.54) is 12.8 Å². The second-order valence-electron chi connectivity index (χ2n) is 5.55. The molecule has 1 aliphatic heterocycles. The van der Waals surface area contributed by atoms with Gasteiger partial charge in [0.15, 0.2) is 0 Å². The maximum atomic E-state index is 5.36. The fourth-order valence-corrected chi connectivity index (χ4v) is 2.64. The number of nitrogens with zero attached hydrogens (tertiary/aromatic N) is 2. The van der Waals surface area contributed by atoms with E-state index in [-0.39, 0.29) is 0 Å². The Morgan fingerprint density at radius 1 is 1.40 bits per heavy atom. The second kappa shape index (κ2) is 6.41. The lowest BCUT2D eigenvalue weighted by atomic mass is 10.2. The number of hydrogen-bond donors (Lipinski definition) is 1. The molecule has 3 rings (SSSR count). The average Bonchev–Trinajstić information content (AvgIpc) is 3.33. The molecule has 0 aromatic carbocycles. The molecule has 1 saturated carbocycles. The average molecular weight is 277 g/mol. The fraction of sp³-hybridized carbons (Fsp3) is 0.667. The number of pyridine rings is 1. The van der Waals surface area contributed by atoms with E-state index >= 15 is 0 Å². The SMILES string of the molecule is COCC(Nc1ccc(N2CCOCC2)nc1)C1CC1. The Hall–Kier alpha value is -1.33. The van der Waals surface area contributed by atoms with Crippen LogP contribution in [0.4, 0.5) is 11.5 Å². The van der Waals surface area contributed by atoms with Crippen molar-refractivity contribution in [1.29, 1.82) is 0 Å². The summed E-state index contributed by atoms with van der Waals surface area (Å²) >= 11 is 0. The molecule has 2 fully saturated rings. The second-order valence-corrected chi connectivity index (χ2v) is 5.55. The van der Waals surface area contributed by atoms with Crippen LogP contribution in [0, 0.1) is 5.92 Å². The predicted molar refractivity (Wildman–Crippen MR) is 79.3 cm³/mol. The molecule has 1 atom stereocenters. The van der Waals surface area contributed by atoms with Gasteiger partial charge in [-0.05, 0) is 30.9 Å². The molecular formula is C15H23N3O2. The third-order valence-corrected chi connectivity index (χ3v) is 3.97. The molecule has 1 N–H and O–H groups in total. The van der Waals surface area contributed by atoms with Crippen molar-refractivity contribution in [2.45, 2.75) is 18.9 Å². The van der Waals surface area contributed by atoms with Gasteiger partial charge in [-0.2, -0.15) is 0 Å². The van der Waals surface area contributed by atoms with E-state index in [1.54, 1.807) is 7.11 Å². The van der Waals surface area contributed by atoms with Crippen molar-refractivity contribution in [2.24, 2.45) is 5.92 Å². The summed E-state index contributed by atoms with van der Waals surface area (Å²) in [6, 6.07) is 4.61. The molecule has 0 bridgehead atoms. The molecule has 0 amide bonds. The van der Waals surface area contributed by atoms with Crippen molar-refractivity contribution >= 4 is 11.5 Å². The zero-order valence-corrected chi connectivity index (χ0v) is 12.0. The minimum atomic E-state index is 0.413. The van der Waals surface area contributed by atoms with Gasteiger partial charge in [0.2, 0.25) is 0 Å². The molecular weight excluding hydrogens is 254 g/mol. The van der Waals surface area contributed by atoms with Crippen LogP contribution in [0.25, 0.3) is 0 Å². The summed E-state index contributed by atoms with van der Waals surface area (Å²) in [6.45, 7) is 4.19. The van der Waals surface area contributed by atoms with Crippen molar-refractivity contribution in [2.75, 3.05) is 50.2 Å². The molecule has 20 heavy (non-hydrogen) atoms. The van der Waals surface area contributed by atoms with Crippen molar-refractivity contribution in [3.05, 3.63) is 18.3 Å². The summed E-state index contributed by atoms with van der Waals surface area (Å²) < 4.78 is 10.7. The molecule has 1 unspecified atom stereocenters. The predicted octanol–water partition coefficient (Wildman–Crippen LogP) is 1.76. The van der Waals surface area contributed by atoms with Crippen LogP contribution in [-0.4, -0.2) is 51.0 Å². The Kier molecular flexibility index (Phi) is 4.38. The maximum absolute atomic E-state index is 5.36. The molecule has 5 nitrogen and oxygen atoms in total. The largest absolute Gasteiger partial charge is 0.383 e. The molecule has 1 aliphatic carbocycles. The van der Waals surface area contributed by atoms with Crippen molar-refractivity contribution in [3.8, 4) is 0 Å². The normalized spacial score (nSPS) is 20.8. The molecule has 5 heteroatoms. The lowest BCUT2D eigenvalue weighted by molar-refractivity contribution is 0.122. The number of nitrogens with one attached hydrogen (secondary N) is 1. The number of methoxy groups -OCH3 is 1. The Morgan fingerprint density at radius 2 is 2.20 bits per heavy atom. The number of anilines is 2. The monoisotopic (exact) mass is 277 g/mol. The quantitative estimate of drug-likeness (QED) is 0.858. The first kappa shape index (κ1) is 13.6. The molecule has 2 heterocycles. The van der Waals surface area contributed by atoms with Gasteiger partial charge < -0.3 is 19.7 Å². The summed E-state index contributed by atoms with van der Waals surface area (Å²) in [4.78, 5) is 6.83. The Morgan fingerprint density at radius 3 is 2.80 bits per heavy atom. The minimum Gasteiger partial charge on any atom is -0.383 e. The smallest absolute Gasteiger partial charge is 0.128 e. The van der Waals surface area contributed by atoms with Crippen LogP contribution in [0.5, 0.6) is 0 Å². The van der Waals surface area contributed by atoms with Crippen LogP contribution < -0.4 is 10.2 Å². The van der Waals surface area contributed by atoms with E-state index in [1.807, 2.05) is 6.20 Å². The molecule has 2 aliphatic rings.